The minimum absolute atomic E-state index is 0.226. The number of allylic oxidation sites excluding steroid dienone is 1. The predicted molar refractivity (Wildman–Crippen MR) is 58.5 cm³/mol. The molecule has 17 heavy (non-hydrogen) atoms. The molecule has 0 aromatic heterocycles. The van der Waals surface area contributed by atoms with E-state index in [1.54, 1.807) is 6.92 Å². The van der Waals surface area contributed by atoms with Crippen LogP contribution in [0.4, 0.5) is 13.2 Å². The van der Waals surface area contributed by atoms with Gasteiger partial charge < -0.3 is 5.73 Å². The van der Waals surface area contributed by atoms with Crippen LogP contribution >= 0.6 is 0 Å². The van der Waals surface area contributed by atoms with Crippen molar-refractivity contribution in [3.63, 3.8) is 0 Å². The van der Waals surface area contributed by atoms with Crippen molar-refractivity contribution in [2.75, 3.05) is 0 Å². The van der Waals surface area contributed by atoms with Gasteiger partial charge in [-0.1, -0.05) is 19.1 Å². The average Bonchev–Trinajstić information content (AvgIpc) is 2.29. The SMILES string of the molecule is CC/C(C#N)=C(/N)c1ccc(C(F)(F)F)cc1. The zero-order chi connectivity index (χ0) is 13.1. The maximum atomic E-state index is 12.3. The number of nitrogens with two attached hydrogens (primary N) is 1. The van der Waals surface area contributed by atoms with Crippen molar-refractivity contribution in [2.45, 2.75) is 19.5 Å². The molecule has 0 fully saturated rings. The molecule has 1 rings (SSSR count). The van der Waals surface area contributed by atoms with E-state index in [1.165, 1.54) is 12.1 Å². The molecule has 0 aliphatic heterocycles. The highest BCUT2D eigenvalue weighted by Gasteiger charge is 2.30. The van der Waals surface area contributed by atoms with Gasteiger partial charge in [-0.2, -0.15) is 18.4 Å². The molecule has 2 N–H and O–H groups in total. The average molecular weight is 240 g/mol. The second kappa shape index (κ2) is 4.91. The van der Waals surface area contributed by atoms with Crippen molar-refractivity contribution < 1.29 is 13.2 Å². The molecule has 2 nitrogen and oxygen atoms in total. The van der Waals surface area contributed by atoms with Crippen LogP contribution in [-0.2, 0) is 6.18 Å². The fraction of sp³-hybridized carbons (Fsp3) is 0.250. The highest BCUT2D eigenvalue weighted by molar-refractivity contribution is 5.69. The lowest BCUT2D eigenvalue weighted by molar-refractivity contribution is -0.137. The van der Waals surface area contributed by atoms with Gasteiger partial charge in [0, 0.05) is 0 Å². The van der Waals surface area contributed by atoms with Crippen LogP contribution in [0.25, 0.3) is 5.70 Å². The van der Waals surface area contributed by atoms with E-state index in [-0.39, 0.29) is 5.70 Å². The Morgan fingerprint density at radius 2 is 1.82 bits per heavy atom. The van der Waals surface area contributed by atoms with E-state index in [2.05, 4.69) is 0 Å². The molecule has 5 heteroatoms. The Hall–Kier alpha value is -1.96. The van der Waals surface area contributed by atoms with Crippen LogP contribution in [-0.4, -0.2) is 0 Å². The maximum absolute atomic E-state index is 12.3. The maximum Gasteiger partial charge on any atom is 0.416 e. The Balaban J connectivity index is 3.13. The van der Waals surface area contributed by atoms with E-state index in [9.17, 15) is 13.2 Å². The summed E-state index contributed by atoms with van der Waals surface area (Å²) in [5.74, 6) is 0. The van der Waals surface area contributed by atoms with Gasteiger partial charge in [0.05, 0.1) is 22.9 Å². The third-order valence-corrected chi connectivity index (χ3v) is 2.34. The molecule has 1 aromatic carbocycles. The molecule has 0 amide bonds. The van der Waals surface area contributed by atoms with Gasteiger partial charge in [0.2, 0.25) is 0 Å². The van der Waals surface area contributed by atoms with Crippen LogP contribution in [0.1, 0.15) is 24.5 Å². The van der Waals surface area contributed by atoms with Crippen molar-refractivity contribution in [2.24, 2.45) is 5.73 Å². The van der Waals surface area contributed by atoms with Gasteiger partial charge in [-0.3, -0.25) is 0 Å². The fourth-order valence-electron chi connectivity index (χ4n) is 1.34. The Labute approximate surface area is 97.2 Å². The number of benzene rings is 1. The number of rotatable bonds is 2. The molecule has 0 heterocycles. The second-order valence-corrected chi connectivity index (χ2v) is 3.43. The molecule has 0 spiro atoms. The van der Waals surface area contributed by atoms with Crippen molar-refractivity contribution in [3.05, 3.63) is 41.0 Å². The van der Waals surface area contributed by atoms with Crippen LogP contribution in [0.3, 0.4) is 0 Å². The van der Waals surface area contributed by atoms with E-state index in [0.717, 1.165) is 12.1 Å². The third kappa shape index (κ3) is 3.00. The van der Waals surface area contributed by atoms with Crippen LogP contribution in [0.5, 0.6) is 0 Å². The van der Waals surface area contributed by atoms with Crippen LogP contribution in [0.2, 0.25) is 0 Å². The van der Waals surface area contributed by atoms with Gasteiger partial charge in [-0.15, -0.1) is 0 Å². The second-order valence-electron chi connectivity index (χ2n) is 3.43. The minimum atomic E-state index is -4.36. The molecule has 0 aliphatic rings. The first-order valence-corrected chi connectivity index (χ1v) is 4.96. The predicted octanol–water partition coefficient (Wildman–Crippen LogP) is 3.31. The summed E-state index contributed by atoms with van der Waals surface area (Å²) in [6.45, 7) is 1.76. The molecule has 90 valence electrons. The molecule has 0 saturated heterocycles. The van der Waals surface area contributed by atoms with Gasteiger partial charge in [0.15, 0.2) is 0 Å². The number of hydrogen-bond donors (Lipinski definition) is 1. The Morgan fingerprint density at radius 1 is 1.29 bits per heavy atom. The van der Waals surface area contributed by atoms with E-state index in [4.69, 9.17) is 11.0 Å². The van der Waals surface area contributed by atoms with Crippen LogP contribution in [0.15, 0.2) is 29.8 Å². The van der Waals surface area contributed by atoms with Crippen molar-refractivity contribution >= 4 is 5.70 Å². The van der Waals surface area contributed by atoms with Gasteiger partial charge in [0.1, 0.15) is 0 Å². The number of nitriles is 1. The lowest BCUT2D eigenvalue weighted by Crippen LogP contribution is -2.06. The number of hydrogen-bond acceptors (Lipinski definition) is 2. The van der Waals surface area contributed by atoms with Crippen LogP contribution < -0.4 is 5.73 Å². The Morgan fingerprint density at radius 3 is 2.18 bits per heavy atom. The van der Waals surface area contributed by atoms with Gasteiger partial charge in [-0.05, 0) is 24.1 Å². The summed E-state index contributed by atoms with van der Waals surface area (Å²) in [4.78, 5) is 0. The van der Waals surface area contributed by atoms with Gasteiger partial charge >= 0.3 is 6.18 Å². The minimum Gasteiger partial charge on any atom is -0.397 e. The lowest BCUT2D eigenvalue weighted by Gasteiger charge is -2.08. The Kier molecular flexibility index (Phi) is 3.79. The molecule has 0 atom stereocenters. The molecular formula is C12H11F3N2. The number of alkyl halides is 3. The van der Waals surface area contributed by atoms with E-state index >= 15 is 0 Å². The van der Waals surface area contributed by atoms with E-state index in [0.29, 0.717) is 17.6 Å². The summed E-state index contributed by atoms with van der Waals surface area (Å²) < 4.78 is 36.9. The van der Waals surface area contributed by atoms with Crippen molar-refractivity contribution in [3.8, 4) is 6.07 Å². The molecule has 0 saturated carbocycles. The number of nitrogens with zero attached hydrogens (tertiary/aromatic N) is 1. The smallest absolute Gasteiger partial charge is 0.397 e. The monoisotopic (exact) mass is 240 g/mol. The first-order valence-electron chi connectivity index (χ1n) is 4.96. The first-order chi connectivity index (χ1) is 7.90. The highest BCUT2D eigenvalue weighted by Crippen LogP contribution is 2.29. The zero-order valence-corrected chi connectivity index (χ0v) is 9.17. The molecule has 0 unspecified atom stereocenters. The molecule has 0 bridgehead atoms. The summed E-state index contributed by atoms with van der Waals surface area (Å²) >= 11 is 0. The molecule has 0 radical (unpaired) electrons. The molecule has 0 aliphatic carbocycles. The largest absolute Gasteiger partial charge is 0.416 e. The summed E-state index contributed by atoms with van der Waals surface area (Å²) in [6, 6.07) is 6.37. The lowest BCUT2D eigenvalue weighted by atomic mass is 10.0. The third-order valence-electron chi connectivity index (χ3n) is 2.34. The Bertz CT molecular complexity index is 464. The van der Waals surface area contributed by atoms with E-state index in [1.807, 2.05) is 6.07 Å². The van der Waals surface area contributed by atoms with Crippen LogP contribution in [0, 0.1) is 11.3 Å². The standard InChI is InChI=1S/C12H11F3N2/c1-2-8(7-16)11(17)9-3-5-10(6-4-9)12(13,14)15/h3-6H,2,17H2,1H3/b11-8-. The zero-order valence-electron chi connectivity index (χ0n) is 9.17. The topological polar surface area (TPSA) is 49.8 Å². The van der Waals surface area contributed by atoms with Crippen molar-refractivity contribution in [1.29, 1.82) is 5.26 Å². The van der Waals surface area contributed by atoms with Gasteiger partial charge in [-0.25, -0.2) is 0 Å². The molecule has 1 aromatic rings. The van der Waals surface area contributed by atoms with E-state index < -0.39 is 11.7 Å². The first kappa shape index (κ1) is 13.1. The van der Waals surface area contributed by atoms with Crippen molar-refractivity contribution in [1.82, 2.24) is 0 Å². The summed E-state index contributed by atoms with van der Waals surface area (Å²) in [7, 11) is 0. The fourth-order valence-corrected chi connectivity index (χ4v) is 1.34. The van der Waals surface area contributed by atoms with Gasteiger partial charge in [0.25, 0.3) is 0 Å². The molecular weight excluding hydrogens is 229 g/mol. The normalized spacial score (nSPS) is 12.9. The number of halogens is 3. The summed E-state index contributed by atoms with van der Waals surface area (Å²) in [5, 5.41) is 8.77. The summed E-state index contributed by atoms with van der Waals surface area (Å²) in [6.07, 6.45) is -3.91. The quantitative estimate of drug-likeness (QED) is 0.806. The highest BCUT2D eigenvalue weighted by atomic mass is 19.4. The summed E-state index contributed by atoms with van der Waals surface area (Å²) in [5.41, 5.74) is 5.98.